The number of carbonyl (C=O) groups excluding carboxylic acids is 3. The lowest BCUT2D eigenvalue weighted by molar-refractivity contribution is -0.142. The first kappa shape index (κ1) is 32.9. The number of nitrogens with one attached hydrogen (secondary N) is 1. The van der Waals surface area contributed by atoms with Crippen LogP contribution in [0.15, 0.2) is 18.2 Å². The predicted octanol–water partition coefficient (Wildman–Crippen LogP) is 4.62. The second kappa shape index (κ2) is 15.3. The number of carboxylic acid groups (broad SMARTS) is 1. The summed E-state index contributed by atoms with van der Waals surface area (Å²) in [6.45, 7) is 16.2. The van der Waals surface area contributed by atoms with Gasteiger partial charge in [-0.3, -0.25) is 14.4 Å². The van der Waals surface area contributed by atoms with E-state index < -0.39 is 42.1 Å². The number of rotatable bonds is 14. The highest BCUT2D eigenvalue weighted by atomic mass is 16.7. The van der Waals surface area contributed by atoms with Crippen molar-refractivity contribution in [1.29, 1.82) is 0 Å². The Kier molecular flexibility index (Phi) is 13.3. The zero-order valence-electron chi connectivity index (χ0n) is 23.9. The molecule has 10 heteroatoms. The molecule has 0 radical (unpaired) electrons. The quantitative estimate of drug-likeness (QED) is 0.255. The lowest BCUT2D eigenvalue weighted by Crippen LogP contribution is -2.42. The minimum absolute atomic E-state index is 0.0272. The van der Waals surface area contributed by atoms with Gasteiger partial charge >= 0.3 is 24.1 Å². The molecule has 0 saturated carbocycles. The van der Waals surface area contributed by atoms with Crippen molar-refractivity contribution in [1.82, 2.24) is 5.32 Å². The zero-order chi connectivity index (χ0) is 29.2. The Morgan fingerprint density at radius 2 is 1.32 bits per heavy atom. The number of esters is 2. The van der Waals surface area contributed by atoms with E-state index in [0.29, 0.717) is 5.56 Å². The number of carboxylic acids is 1. The normalized spacial score (nSPS) is 14.5. The molecule has 3 unspecified atom stereocenters. The van der Waals surface area contributed by atoms with Gasteiger partial charge in [-0.1, -0.05) is 47.6 Å². The molecule has 0 heterocycles. The third kappa shape index (κ3) is 11.1. The van der Waals surface area contributed by atoms with Crippen molar-refractivity contribution in [2.75, 3.05) is 6.54 Å². The van der Waals surface area contributed by atoms with Gasteiger partial charge in [-0.25, -0.2) is 4.79 Å². The Labute approximate surface area is 225 Å². The van der Waals surface area contributed by atoms with Gasteiger partial charge < -0.3 is 29.4 Å². The fourth-order valence-electron chi connectivity index (χ4n) is 3.01. The van der Waals surface area contributed by atoms with Crippen LogP contribution in [0.25, 0.3) is 0 Å². The highest BCUT2D eigenvalue weighted by Crippen LogP contribution is 2.31. The molecule has 1 rings (SSSR count). The standard InChI is InChI=1S/C28H43NO9/c1-15(2)19(8)26(32)37-23-11-10-21(13-24(23)38-27(33)20(9)16(3)4)12-22(25(30)31)29-14-18(7)36-28(34)35-17(5)6/h10-11,13,15-20,22,29H,12,14H2,1-9H3,(H,30,31)/t18?,19?,20?,22-/m0/s1. The van der Waals surface area contributed by atoms with Crippen LogP contribution in [0.1, 0.15) is 67.9 Å². The third-order valence-electron chi connectivity index (χ3n) is 6.19. The van der Waals surface area contributed by atoms with Gasteiger partial charge in [0.25, 0.3) is 0 Å². The number of carbonyl (C=O) groups is 4. The lowest BCUT2D eigenvalue weighted by atomic mass is 9.98. The molecule has 0 bridgehead atoms. The molecule has 0 spiro atoms. The summed E-state index contributed by atoms with van der Waals surface area (Å²) < 4.78 is 21.2. The van der Waals surface area contributed by atoms with Gasteiger partial charge in [-0.2, -0.15) is 0 Å². The molecule has 0 aromatic heterocycles. The number of aliphatic carboxylic acids is 1. The summed E-state index contributed by atoms with van der Waals surface area (Å²) in [5.74, 6) is -2.65. The first-order valence-electron chi connectivity index (χ1n) is 13.0. The fourth-order valence-corrected chi connectivity index (χ4v) is 3.01. The smallest absolute Gasteiger partial charge is 0.480 e. The molecule has 0 amide bonds. The molecule has 10 nitrogen and oxygen atoms in total. The van der Waals surface area contributed by atoms with Gasteiger partial charge in [0.15, 0.2) is 11.5 Å². The molecule has 38 heavy (non-hydrogen) atoms. The molecule has 0 aliphatic heterocycles. The van der Waals surface area contributed by atoms with Gasteiger partial charge in [-0.15, -0.1) is 0 Å². The van der Waals surface area contributed by atoms with Crippen LogP contribution in [-0.4, -0.2) is 54.0 Å². The van der Waals surface area contributed by atoms with Gasteiger partial charge in [0, 0.05) is 6.54 Å². The van der Waals surface area contributed by atoms with E-state index in [4.69, 9.17) is 18.9 Å². The van der Waals surface area contributed by atoms with Crippen LogP contribution in [0, 0.1) is 23.7 Å². The first-order valence-corrected chi connectivity index (χ1v) is 13.0. The minimum atomic E-state index is -1.12. The topological polar surface area (TPSA) is 137 Å². The SMILES string of the molecule is CC(C)OC(=O)OC(C)CN[C@@H](Cc1ccc(OC(=O)C(C)C(C)C)c(OC(=O)C(C)C(C)C)c1)C(=O)O. The van der Waals surface area contributed by atoms with E-state index in [1.54, 1.807) is 40.7 Å². The van der Waals surface area contributed by atoms with Crippen molar-refractivity contribution in [2.45, 2.75) is 87.0 Å². The van der Waals surface area contributed by atoms with E-state index >= 15 is 0 Å². The molecular weight excluding hydrogens is 494 g/mol. The summed E-state index contributed by atoms with van der Waals surface area (Å²) in [4.78, 5) is 48.8. The van der Waals surface area contributed by atoms with Crippen LogP contribution in [-0.2, 0) is 30.3 Å². The number of ether oxygens (including phenoxy) is 4. The largest absolute Gasteiger partial charge is 0.508 e. The summed E-state index contributed by atoms with van der Waals surface area (Å²) in [7, 11) is 0. The summed E-state index contributed by atoms with van der Waals surface area (Å²) in [6.07, 6.45) is -1.78. The maximum atomic E-state index is 12.7. The highest BCUT2D eigenvalue weighted by molar-refractivity contribution is 5.79. The summed E-state index contributed by atoms with van der Waals surface area (Å²) >= 11 is 0. The molecule has 1 aromatic rings. The van der Waals surface area contributed by atoms with Gasteiger partial charge in [0.2, 0.25) is 0 Å². The van der Waals surface area contributed by atoms with Gasteiger partial charge in [0.1, 0.15) is 12.1 Å². The predicted molar refractivity (Wildman–Crippen MR) is 141 cm³/mol. The van der Waals surface area contributed by atoms with Crippen molar-refractivity contribution in [3.8, 4) is 11.5 Å². The van der Waals surface area contributed by atoms with Crippen molar-refractivity contribution in [2.24, 2.45) is 23.7 Å². The number of hydrogen-bond acceptors (Lipinski definition) is 9. The van der Waals surface area contributed by atoms with E-state index in [1.807, 2.05) is 27.7 Å². The van der Waals surface area contributed by atoms with E-state index in [2.05, 4.69) is 5.32 Å². The highest BCUT2D eigenvalue weighted by Gasteiger charge is 2.26. The maximum Gasteiger partial charge on any atom is 0.508 e. The van der Waals surface area contributed by atoms with E-state index in [9.17, 15) is 24.3 Å². The van der Waals surface area contributed by atoms with Crippen LogP contribution in [0.2, 0.25) is 0 Å². The van der Waals surface area contributed by atoms with Crippen molar-refractivity contribution >= 4 is 24.1 Å². The average molecular weight is 538 g/mol. The summed E-state index contributed by atoms with van der Waals surface area (Å²) in [6, 6.07) is 3.58. The molecule has 0 aliphatic rings. The maximum absolute atomic E-state index is 12.7. The molecular formula is C28H43NO9. The molecule has 1 aromatic carbocycles. The number of benzene rings is 1. The Bertz CT molecular complexity index is 958. The second-order valence-corrected chi connectivity index (χ2v) is 10.5. The van der Waals surface area contributed by atoms with Crippen LogP contribution in [0.5, 0.6) is 11.5 Å². The van der Waals surface area contributed by atoms with Crippen LogP contribution in [0.4, 0.5) is 4.79 Å². The lowest BCUT2D eigenvalue weighted by Gasteiger charge is -2.20. The molecule has 0 aliphatic carbocycles. The number of hydrogen-bond donors (Lipinski definition) is 2. The van der Waals surface area contributed by atoms with E-state index in [0.717, 1.165) is 0 Å². The van der Waals surface area contributed by atoms with Gasteiger partial charge in [0.05, 0.1) is 17.9 Å². The monoisotopic (exact) mass is 537 g/mol. The summed E-state index contributed by atoms with van der Waals surface area (Å²) in [5, 5.41) is 12.6. The summed E-state index contributed by atoms with van der Waals surface area (Å²) in [5.41, 5.74) is 0.536. The van der Waals surface area contributed by atoms with Crippen LogP contribution >= 0.6 is 0 Å². The Balaban J connectivity index is 3.10. The van der Waals surface area contributed by atoms with E-state index in [-0.39, 0.29) is 48.3 Å². The minimum Gasteiger partial charge on any atom is -0.480 e. The molecule has 2 N–H and O–H groups in total. The average Bonchev–Trinajstić information content (AvgIpc) is 2.80. The molecule has 214 valence electrons. The van der Waals surface area contributed by atoms with Crippen LogP contribution in [0.3, 0.4) is 0 Å². The molecule has 0 fully saturated rings. The van der Waals surface area contributed by atoms with Crippen molar-refractivity contribution in [3.05, 3.63) is 23.8 Å². The fraction of sp³-hybridized carbons (Fsp3) is 0.643. The Hall–Kier alpha value is -3.14. The Morgan fingerprint density at radius 1 is 0.789 bits per heavy atom. The third-order valence-corrected chi connectivity index (χ3v) is 6.19. The second-order valence-electron chi connectivity index (χ2n) is 10.5. The van der Waals surface area contributed by atoms with Crippen LogP contribution < -0.4 is 14.8 Å². The molecule has 0 saturated heterocycles. The van der Waals surface area contributed by atoms with Gasteiger partial charge in [-0.05, 0) is 56.7 Å². The first-order chi connectivity index (χ1) is 17.6. The zero-order valence-corrected chi connectivity index (χ0v) is 23.9. The van der Waals surface area contributed by atoms with E-state index in [1.165, 1.54) is 12.1 Å². The molecule has 4 atom stereocenters. The van der Waals surface area contributed by atoms with Crippen molar-refractivity contribution < 1.29 is 43.2 Å². The Morgan fingerprint density at radius 3 is 1.79 bits per heavy atom. The van der Waals surface area contributed by atoms with Crippen molar-refractivity contribution in [3.63, 3.8) is 0 Å².